The summed E-state index contributed by atoms with van der Waals surface area (Å²) < 4.78 is 51.2. The van der Waals surface area contributed by atoms with Crippen LogP contribution in [0.1, 0.15) is 56.5 Å². The number of ether oxygens (including phenoxy) is 1. The molecule has 5 atom stereocenters. The molecule has 2 aliphatic rings. The average Bonchev–Trinajstić information content (AvgIpc) is 3.57. The molecule has 0 saturated carbocycles. The van der Waals surface area contributed by atoms with Gasteiger partial charge in [-0.3, -0.25) is 19.2 Å². The molecule has 0 radical (unpaired) electrons. The van der Waals surface area contributed by atoms with Gasteiger partial charge in [0.25, 0.3) is 0 Å². The van der Waals surface area contributed by atoms with Crippen molar-refractivity contribution in [3.63, 3.8) is 0 Å². The number of amides is 4. The van der Waals surface area contributed by atoms with Gasteiger partial charge < -0.3 is 39.7 Å². The first kappa shape index (κ1) is 47.3. The molecule has 2 fully saturated rings. The molecule has 3 heterocycles. The molecule has 4 aromatic rings. The lowest BCUT2D eigenvalue weighted by Gasteiger charge is -2.45. The molecule has 6 rings (SSSR count). The summed E-state index contributed by atoms with van der Waals surface area (Å²) in [7, 11) is 5.84. The van der Waals surface area contributed by atoms with Crippen molar-refractivity contribution in [2.45, 2.75) is 88.9 Å². The number of fused-ring (bicyclic) bond motifs is 2. The Labute approximate surface area is 374 Å². The smallest absolute Gasteiger partial charge is 0.389 e. The Kier molecular flexibility index (Phi) is 14.8. The Morgan fingerprint density at radius 1 is 1.00 bits per heavy atom. The quantitative estimate of drug-likeness (QED) is 0.154. The predicted octanol–water partition coefficient (Wildman–Crippen LogP) is 6.52. The second-order valence-corrected chi connectivity index (χ2v) is 17.7. The van der Waals surface area contributed by atoms with Crippen LogP contribution >= 0.6 is 23.2 Å². The predicted molar refractivity (Wildman–Crippen MR) is 232 cm³/mol. The Morgan fingerprint density at radius 3 is 2.33 bits per heavy atom. The maximum Gasteiger partial charge on any atom is 0.389 e. The van der Waals surface area contributed by atoms with E-state index in [9.17, 15) is 37.5 Å². The summed E-state index contributed by atoms with van der Waals surface area (Å²) in [5.74, 6) is -3.85. The third-order valence-corrected chi connectivity index (χ3v) is 12.0. The highest BCUT2D eigenvalue weighted by Crippen LogP contribution is 2.35. The second-order valence-electron chi connectivity index (χ2n) is 16.8. The van der Waals surface area contributed by atoms with E-state index < -0.39 is 72.3 Å². The van der Waals surface area contributed by atoms with Crippen LogP contribution in [0.4, 0.5) is 13.2 Å². The highest BCUT2D eigenvalue weighted by Gasteiger charge is 2.46. The Morgan fingerprint density at radius 2 is 1.68 bits per heavy atom. The minimum absolute atomic E-state index is 0.0856. The molecule has 0 aliphatic carbocycles. The van der Waals surface area contributed by atoms with Crippen molar-refractivity contribution >= 4 is 46.8 Å². The van der Waals surface area contributed by atoms with Crippen molar-refractivity contribution < 1.29 is 42.2 Å². The summed E-state index contributed by atoms with van der Waals surface area (Å²) in [4.78, 5) is 65.9. The van der Waals surface area contributed by atoms with E-state index in [0.29, 0.717) is 35.7 Å². The fourth-order valence-electron chi connectivity index (χ4n) is 8.22. The minimum Gasteiger partial charge on any atom is -0.457 e. The van der Waals surface area contributed by atoms with Crippen LogP contribution in [-0.4, -0.2) is 110 Å². The zero-order valence-electron chi connectivity index (χ0n) is 35.7. The lowest BCUT2D eigenvalue weighted by molar-refractivity contribution is -0.164. The van der Waals surface area contributed by atoms with Crippen molar-refractivity contribution in [1.29, 1.82) is 0 Å². The number of halogens is 5. The monoisotopic (exact) mass is 913 g/mol. The van der Waals surface area contributed by atoms with Gasteiger partial charge in [0, 0.05) is 47.7 Å². The molecule has 0 spiro atoms. The number of carbonyl (C=O) groups excluding carboxylic acids is 4. The molecule has 63 heavy (non-hydrogen) atoms. The van der Waals surface area contributed by atoms with E-state index >= 15 is 0 Å². The Balaban J connectivity index is 1.33. The largest absolute Gasteiger partial charge is 0.457 e. The number of carbonyl (C=O) groups is 4. The molecule has 4 amide bonds. The average molecular weight is 915 g/mol. The maximum atomic E-state index is 14.5. The third kappa shape index (κ3) is 11.9. The van der Waals surface area contributed by atoms with Crippen LogP contribution in [0.5, 0.6) is 11.5 Å². The normalized spacial score (nSPS) is 22.1. The topological polar surface area (TPSA) is 149 Å². The maximum absolute atomic E-state index is 14.5. The summed E-state index contributed by atoms with van der Waals surface area (Å²) in [6.45, 7) is 2.87. The summed E-state index contributed by atoms with van der Waals surface area (Å²) in [5, 5.41) is 17.2. The van der Waals surface area contributed by atoms with Crippen LogP contribution in [0.2, 0.25) is 10.0 Å². The number of nitrogens with zero attached hydrogens (tertiary/aromatic N) is 5. The van der Waals surface area contributed by atoms with Gasteiger partial charge in [-0.1, -0.05) is 41.4 Å². The van der Waals surface area contributed by atoms with E-state index in [4.69, 9.17) is 27.9 Å². The van der Waals surface area contributed by atoms with E-state index in [0.717, 1.165) is 27.5 Å². The molecule has 2 bridgehead atoms. The lowest BCUT2D eigenvalue weighted by atomic mass is 9.81. The number of aromatic nitrogens is 2. The number of benzene rings is 3. The summed E-state index contributed by atoms with van der Waals surface area (Å²) in [6.07, 6.45) is -6.13. The molecular weight excluding hydrogens is 862 g/mol. The first-order chi connectivity index (χ1) is 29.7. The van der Waals surface area contributed by atoms with Crippen LogP contribution in [0.15, 0.2) is 72.9 Å². The molecule has 2 saturated heterocycles. The molecule has 13 nitrogen and oxygen atoms in total. The van der Waals surface area contributed by atoms with Crippen LogP contribution < -0.4 is 15.4 Å². The van der Waals surface area contributed by atoms with Crippen molar-refractivity contribution in [1.82, 2.24) is 34.9 Å². The van der Waals surface area contributed by atoms with Gasteiger partial charge in [0.1, 0.15) is 29.4 Å². The Bertz CT molecular complexity index is 2290. The number of hydrogen-bond acceptors (Lipinski definition) is 8. The van der Waals surface area contributed by atoms with Gasteiger partial charge >= 0.3 is 6.18 Å². The number of rotatable bonds is 11. The van der Waals surface area contributed by atoms with Crippen molar-refractivity contribution in [3.05, 3.63) is 99.9 Å². The summed E-state index contributed by atoms with van der Waals surface area (Å²) in [5.41, 5.74) is 1.60. The second kappa shape index (κ2) is 19.7. The van der Waals surface area contributed by atoms with Gasteiger partial charge in [-0.2, -0.15) is 13.2 Å². The van der Waals surface area contributed by atoms with Crippen LogP contribution in [0.3, 0.4) is 0 Å². The lowest BCUT2D eigenvalue weighted by Crippen LogP contribution is -2.66. The fraction of sp³-hybridized carbons (Fsp3) is 0.444. The fourth-order valence-corrected chi connectivity index (χ4v) is 8.51. The molecule has 3 N–H and O–H groups in total. The van der Waals surface area contributed by atoms with E-state index in [1.54, 1.807) is 48.7 Å². The van der Waals surface area contributed by atoms with E-state index in [-0.39, 0.29) is 36.8 Å². The molecule has 18 heteroatoms. The van der Waals surface area contributed by atoms with Crippen LogP contribution in [0, 0.1) is 5.92 Å². The van der Waals surface area contributed by atoms with Crippen molar-refractivity contribution in [3.8, 4) is 22.8 Å². The van der Waals surface area contributed by atoms with Crippen molar-refractivity contribution in [2.24, 2.45) is 13.0 Å². The molecule has 1 aromatic heterocycles. The number of aliphatic hydroxyl groups excluding tert-OH is 1. The van der Waals surface area contributed by atoms with Gasteiger partial charge in [0.2, 0.25) is 23.6 Å². The third-order valence-electron chi connectivity index (χ3n) is 11.5. The van der Waals surface area contributed by atoms with E-state index in [1.165, 1.54) is 30.9 Å². The van der Waals surface area contributed by atoms with E-state index in [2.05, 4.69) is 15.6 Å². The number of aliphatic hydroxyl groups is 1. The number of alkyl halides is 3. The van der Waals surface area contributed by atoms with Crippen molar-refractivity contribution in [2.75, 3.05) is 27.2 Å². The Hall–Kier alpha value is -5.16. The highest BCUT2D eigenvalue weighted by molar-refractivity contribution is 6.31. The zero-order valence-corrected chi connectivity index (χ0v) is 37.2. The van der Waals surface area contributed by atoms with Gasteiger partial charge in [0.15, 0.2) is 0 Å². The van der Waals surface area contributed by atoms with E-state index in [1.807, 2.05) is 42.7 Å². The SMILES string of the molecule is C[C@H](O)[C@@H]1NC(=O)[C@H](C)N(Cc2ccc(Cl)cc2Oc2ccc(-c3cnc(CN(C)C)n3C)cc2)C(=O)C[C@@H](CC(F)(F)F)C(=O)N2CCC[C@@](Cc3ccc(Cl)cc3)(C2)NC1=O. The number of imidazole rings is 1. The highest BCUT2D eigenvalue weighted by atomic mass is 35.5. The van der Waals surface area contributed by atoms with Gasteiger partial charge in [-0.05, 0) is 101 Å². The first-order valence-electron chi connectivity index (χ1n) is 20.6. The van der Waals surface area contributed by atoms with Crippen LogP contribution in [0.25, 0.3) is 11.3 Å². The molecule has 3 aromatic carbocycles. The standard InChI is InChI=1S/C45H52Cl2F3N7O6/c1-27-41(60)52-40(28(2)58)42(61)53-44(21-29-7-12-33(46)13-8-29)17-6-18-56(26-44)43(62)32(22-45(48,49)50)19-39(59)57(27)24-31-9-14-34(47)20-37(31)63-35-15-10-30(11-16-35)36-23-51-38(55(36)5)25-54(3)4/h7-16,20,23,27-28,32,40,58H,6,17-19,21-22,24-26H2,1-5H3,(H,52,60)(H,53,61)/t27-,28-,32-,40-,44+/m0/s1. The van der Waals surface area contributed by atoms with Gasteiger partial charge in [-0.15, -0.1) is 0 Å². The van der Waals surface area contributed by atoms with Gasteiger partial charge in [-0.25, -0.2) is 4.98 Å². The zero-order chi connectivity index (χ0) is 45.8. The van der Waals surface area contributed by atoms with Gasteiger partial charge in [0.05, 0.1) is 49.0 Å². The number of hydrogen-bond donors (Lipinski definition) is 3. The molecule has 2 aliphatic heterocycles. The molecular formula is C45H52Cl2F3N7O6. The minimum atomic E-state index is -4.83. The number of nitrogens with one attached hydrogen (secondary N) is 2. The van der Waals surface area contributed by atoms with Crippen LogP contribution in [-0.2, 0) is 45.7 Å². The first-order valence-corrected chi connectivity index (χ1v) is 21.4. The molecule has 338 valence electrons. The summed E-state index contributed by atoms with van der Waals surface area (Å²) >= 11 is 12.5. The number of piperidine rings is 1. The summed E-state index contributed by atoms with van der Waals surface area (Å²) in [6, 6.07) is 15.7. The molecule has 0 unspecified atom stereocenters.